The van der Waals surface area contributed by atoms with Gasteiger partial charge in [-0.3, -0.25) is 4.79 Å². The second-order valence-electron chi connectivity index (χ2n) is 7.68. The van der Waals surface area contributed by atoms with Crippen LogP contribution in [0.1, 0.15) is 40.7 Å². The Morgan fingerprint density at radius 2 is 1.88 bits per heavy atom. The van der Waals surface area contributed by atoms with Gasteiger partial charge in [0.1, 0.15) is 12.4 Å². The molecule has 162 valence electrons. The largest absolute Gasteiger partial charge is 0.487 e. The van der Waals surface area contributed by atoms with Crippen LogP contribution in [-0.4, -0.2) is 39.0 Å². The topological polar surface area (TPSA) is 81.4 Å². The van der Waals surface area contributed by atoms with Crippen LogP contribution in [0.5, 0.6) is 5.75 Å². The minimum absolute atomic E-state index is 0.0324. The zero-order valence-electron chi connectivity index (χ0n) is 17.4. The van der Waals surface area contributed by atoms with Crippen molar-refractivity contribution in [2.24, 2.45) is 0 Å². The highest BCUT2D eigenvalue weighted by Crippen LogP contribution is 2.29. The SMILES string of the molecule is O=C(c1ccc(OCc2cscn2)cc1)N1CCC(c2nc(-c3ccccc3)no2)CC1. The van der Waals surface area contributed by atoms with Crippen LogP contribution in [0.4, 0.5) is 0 Å². The molecule has 1 aliphatic heterocycles. The Kier molecular flexibility index (Phi) is 5.93. The summed E-state index contributed by atoms with van der Waals surface area (Å²) in [5, 5.41) is 6.08. The van der Waals surface area contributed by atoms with Gasteiger partial charge in [-0.15, -0.1) is 11.3 Å². The van der Waals surface area contributed by atoms with Gasteiger partial charge in [-0.05, 0) is 37.1 Å². The van der Waals surface area contributed by atoms with Crippen LogP contribution in [0.2, 0.25) is 0 Å². The van der Waals surface area contributed by atoms with Gasteiger partial charge in [0, 0.05) is 35.5 Å². The molecule has 0 atom stereocenters. The first-order valence-electron chi connectivity index (χ1n) is 10.5. The first-order chi connectivity index (χ1) is 15.8. The smallest absolute Gasteiger partial charge is 0.253 e. The predicted octanol–water partition coefficient (Wildman–Crippen LogP) is 4.79. The first kappa shape index (κ1) is 20.4. The number of likely N-dealkylation sites (tertiary alicyclic amines) is 1. The summed E-state index contributed by atoms with van der Waals surface area (Å²) in [6.07, 6.45) is 1.61. The maximum Gasteiger partial charge on any atom is 0.253 e. The fraction of sp³-hybridized carbons (Fsp3) is 0.250. The number of piperidine rings is 1. The van der Waals surface area contributed by atoms with E-state index in [0.717, 1.165) is 29.8 Å². The van der Waals surface area contributed by atoms with Crippen molar-refractivity contribution in [3.05, 3.63) is 82.6 Å². The number of carbonyl (C=O) groups is 1. The molecule has 1 amide bonds. The average Bonchev–Trinajstić information content (AvgIpc) is 3.56. The highest BCUT2D eigenvalue weighted by Gasteiger charge is 2.28. The van der Waals surface area contributed by atoms with Gasteiger partial charge in [0.05, 0.1) is 11.2 Å². The molecule has 2 aromatic carbocycles. The Bertz CT molecular complexity index is 1150. The van der Waals surface area contributed by atoms with Crippen LogP contribution in [0, 0.1) is 0 Å². The number of benzene rings is 2. The van der Waals surface area contributed by atoms with Crippen LogP contribution < -0.4 is 4.74 Å². The standard InChI is InChI=1S/C24H22N4O3S/c29-24(19-6-8-21(9-7-19)30-14-20-15-32-16-25-20)28-12-10-18(11-13-28)23-26-22(27-31-23)17-4-2-1-3-5-17/h1-9,15-16,18H,10-14H2. The first-order valence-corrected chi connectivity index (χ1v) is 11.5. The predicted molar refractivity (Wildman–Crippen MR) is 121 cm³/mol. The lowest BCUT2D eigenvalue weighted by molar-refractivity contribution is 0.0704. The summed E-state index contributed by atoms with van der Waals surface area (Å²) < 4.78 is 11.2. The molecule has 0 aliphatic carbocycles. The van der Waals surface area contributed by atoms with E-state index >= 15 is 0 Å². The minimum Gasteiger partial charge on any atom is -0.487 e. The van der Waals surface area contributed by atoms with E-state index in [0.29, 0.717) is 37.0 Å². The Morgan fingerprint density at radius 3 is 2.59 bits per heavy atom. The van der Waals surface area contributed by atoms with Crippen molar-refractivity contribution < 1.29 is 14.1 Å². The van der Waals surface area contributed by atoms with Crippen LogP contribution in [0.15, 0.2) is 70.0 Å². The number of hydrogen-bond acceptors (Lipinski definition) is 7. The van der Waals surface area contributed by atoms with Gasteiger partial charge in [0.15, 0.2) is 0 Å². The molecule has 0 radical (unpaired) electrons. The number of aromatic nitrogens is 3. The maximum atomic E-state index is 12.9. The van der Waals surface area contributed by atoms with Gasteiger partial charge in [0.2, 0.25) is 11.7 Å². The van der Waals surface area contributed by atoms with Gasteiger partial charge in [-0.2, -0.15) is 4.98 Å². The molecular weight excluding hydrogens is 424 g/mol. The van der Waals surface area contributed by atoms with E-state index in [1.54, 1.807) is 16.8 Å². The van der Waals surface area contributed by atoms with E-state index in [1.165, 1.54) is 0 Å². The average molecular weight is 447 g/mol. The fourth-order valence-corrected chi connectivity index (χ4v) is 4.32. The molecule has 1 fully saturated rings. The van der Waals surface area contributed by atoms with Crippen molar-refractivity contribution in [1.82, 2.24) is 20.0 Å². The van der Waals surface area contributed by atoms with Crippen LogP contribution in [0.25, 0.3) is 11.4 Å². The van der Waals surface area contributed by atoms with Crippen LogP contribution in [0.3, 0.4) is 0 Å². The minimum atomic E-state index is 0.0324. The summed E-state index contributed by atoms with van der Waals surface area (Å²) >= 11 is 1.54. The molecule has 0 unspecified atom stereocenters. The van der Waals surface area contributed by atoms with Crippen molar-refractivity contribution in [1.29, 1.82) is 0 Å². The Labute approximate surface area is 189 Å². The Morgan fingerprint density at radius 1 is 1.09 bits per heavy atom. The molecule has 2 aromatic heterocycles. The second kappa shape index (κ2) is 9.32. The lowest BCUT2D eigenvalue weighted by atomic mass is 9.96. The summed E-state index contributed by atoms with van der Waals surface area (Å²) in [6.45, 7) is 1.75. The van der Waals surface area contributed by atoms with E-state index in [1.807, 2.05) is 64.9 Å². The van der Waals surface area contributed by atoms with E-state index in [9.17, 15) is 4.79 Å². The quantitative estimate of drug-likeness (QED) is 0.424. The molecule has 8 heteroatoms. The molecule has 7 nitrogen and oxygen atoms in total. The van der Waals surface area contributed by atoms with E-state index in [-0.39, 0.29) is 11.8 Å². The number of nitrogens with zero attached hydrogens (tertiary/aromatic N) is 4. The van der Waals surface area contributed by atoms with E-state index in [2.05, 4.69) is 15.1 Å². The zero-order valence-corrected chi connectivity index (χ0v) is 18.2. The fourth-order valence-electron chi connectivity index (χ4n) is 3.78. The molecule has 1 saturated heterocycles. The normalized spacial score (nSPS) is 14.4. The maximum absolute atomic E-state index is 12.9. The van der Waals surface area contributed by atoms with Gasteiger partial charge in [0.25, 0.3) is 5.91 Å². The molecule has 0 N–H and O–H groups in total. The lowest BCUT2D eigenvalue weighted by Crippen LogP contribution is -2.38. The summed E-state index contributed by atoms with van der Waals surface area (Å²) in [5.74, 6) is 2.18. The van der Waals surface area contributed by atoms with Crippen LogP contribution in [-0.2, 0) is 6.61 Å². The molecule has 4 aromatic rings. The molecule has 5 rings (SSSR count). The molecule has 3 heterocycles. The molecule has 1 aliphatic rings. The molecular formula is C24H22N4O3S. The second-order valence-corrected chi connectivity index (χ2v) is 8.40. The van der Waals surface area contributed by atoms with Crippen molar-refractivity contribution in [2.75, 3.05) is 13.1 Å². The summed E-state index contributed by atoms with van der Waals surface area (Å²) in [5.41, 5.74) is 4.28. The molecule has 0 spiro atoms. The zero-order chi connectivity index (χ0) is 21.8. The highest BCUT2D eigenvalue weighted by molar-refractivity contribution is 7.07. The number of thiazole rings is 1. The van der Waals surface area contributed by atoms with Crippen molar-refractivity contribution in [3.63, 3.8) is 0 Å². The Balaban J connectivity index is 1.15. The number of ether oxygens (including phenoxy) is 1. The number of amides is 1. The van der Waals surface area contributed by atoms with Gasteiger partial charge in [-0.25, -0.2) is 4.98 Å². The summed E-state index contributed by atoms with van der Waals surface area (Å²) in [6, 6.07) is 17.1. The summed E-state index contributed by atoms with van der Waals surface area (Å²) in [7, 11) is 0. The van der Waals surface area contributed by atoms with Crippen molar-refractivity contribution >= 4 is 17.2 Å². The lowest BCUT2D eigenvalue weighted by Gasteiger charge is -2.30. The highest BCUT2D eigenvalue weighted by atomic mass is 32.1. The third-order valence-electron chi connectivity index (χ3n) is 5.58. The third-order valence-corrected chi connectivity index (χ3v) is 6.21. The van der Waals surface area contributed by atoms with Crippen molar-refractivity contribution in [3.8, 4) is 17.1 Å². The molecule has 0 saturated carbocycles. The molecule has 32 heavy (non-hydrogen) atoms. The number of rotatable bonds is 6. The van der Waals surface area contributed by atoms with Gasteiger partial charge in [-0.1, -0.05) is 35.5 Å². The number of hydrogen-bond donors (Lipinski definition) is 0. The number of carbonyl (C=O) groups excluding carboxylic acids is 1. The monoisotopic (exact) mass is 446 g/mol. The molecule has 0 bridgehead atoms. The van der Waals surface area contributed by atoms with Crippen LogP contribution >= 0.6 is 11.3 Å². The van der Waals surface area contributed by atoms with E-state index in [4.69, 9.17) is 9.26 Å². The van der Waals surface area contributed by atoms with Gasteiger partial charge >= 0.3 is 0 Å². The van der Waals surface area contributed by atoms with Crippen molar-refractivity contribution in [2.45, 2.75) is 25.4 Å². The van der Waals surface area contributed by atoms with Gasteiger partial charge < -0.3 is 14.2 Å². The third kappa shape index (κ3) is 4.55. The van der Waals surface area contributed by atoms with E-state index < -0.39 is 0 Å². The summed E-state index contributed by atoms with van der Waals surface area (Å²) in [4.78, 5) is 23.6. The Hall–Kier alpha value is -3.52.